The minimum atomic E-state index is 0.681. The van der Waals surface area contributed by atoms with Gasteiger partial charge < -0.3 is 0 Å². The largest absolute Gasteiger partial charge is 0.208 e. The monoisotopic (exact) mass is 373 g/mol. The molecule has 0 unspecified atom stereocenters. The molecular weight excluding hydrogens is 354 g/mol. The zero-order valence-corrected chi connectivity index (χ0v) is 16.1. The Labute approximate surface area is 169 Å². The van der Waals surface area contributed by atoms with Gasteiger partial charge in [0.2, 0.25) is 0 Å². The minimum Gasteiger partial charge on any atom is -0.208 e. The fourth-order valence-electron chi connectivity index (χ4n) is 3.46. The summed E-state index contributed by atoms with van der Waals surface area (Å²) in [6.07, 6.45) is 0. The molecule has 0 aliphatic rings. The summed E-state index contributed by atoms with van der Waals surface area (Å²) in [4.78, 5) is 14.4. The zero-order valence-electron chi connectivity index (χ0n) is 16.1. The number of rotatable bonds is 3. The predicted octanol–water partition coefficient (Wildman–Crippen LogP) is 6.33. The fraction of sp³-hybridized carbons (Fsp3) is 0.0385. The first-order valence-corrected chi connectivity index (χ1v) is 9.64. The third-order valence-electron chi connectivity index (χ3n) is 4.95. The van der Waals surface area contributed by atoms with Crippen LogP contribution in [0.1, 0.15) is 5.56 Å². The topological polar surface area (TPSA) is 38.7 Å². The van der Waals surface area contributed by atoms with Gasteiger partial charge in [0, 0.05) is 16.7 Å². The van der Waals surface area contributed by atoms with E-state index < -0.39 is 0 Å². The Morgan fingerprint density at radius 1 is 0.448 bits per heavy atom. The molecule has 3 nitrogen and oxygen atoms in total. The number of hydrogen-bond donors (Lipinski definition) is 0. The van der Waals surface area contributed by atoms with Crippen molar-refractivity contribution in [2.75, 3.05) is 0 Å². The van der Waals surface area contributed by atoms with E-state index in [9.17, 15) is 0 Å². The number of nitrogens with zero attached hydrogens (tertiary/aromatic N) is 3. The van der Waals surface area contributed by atoms with E-state index in [1.165, 1.54) is 16.3 Å². The Morgan fingerprint density at radius 2 is 1.03 bits per heavy atom. The molecule has 1 heterocycles. The van der Waals surface area contributed by atoms with Crippen molar-refractivity contribution in [2.24, 2.45) is 0 Å². The molecule has 0 saturated carbocycles. The summed E-state index contributed by atoms with van der Waals surface area (Å²) in [5.41, 5.74) is 4.13. The molecular formula is C26H19N3. The van der Waals surface area contributed by atoms with E-state index in [2.05, 4.69) is 49.4 Å². The van der Waals surface area contributed by atoms with Crippen molar-refractivity contribution < 1.29 is 0 Å². The zero-order chi connectivity index (χ0) is 19.6. The fourth-order valence-corrected chi connectivity index (χ4v) is 3.46. The van der Waals surface area contributed by atoms with E-state index in [1.807, 2.05) is 54.6 Å². The van der Waals surface area contributed by atoms with Crippen LogP contribution in [0, 0.1) is 6.92 Å². The lowest BCUT2D eigenvalue weighted by atomic mass is 10.1. The number of fused-ring (bicyclic) bond motifs is 1. The first-order chi connectivity index (χ1) is 14.3. The molecule has 0 N–H and O–H groups in total. The summed E-state index contributed by atoms with van der Waals surface area (Å²) in [7, 11) is 0. The van der Waals surface area contributed by atoms with Crippen molar-refractivity contribution in [2.45, 2.75) is 6.92 Å². The second-order valence-corrected chi connectivity index (χ2v) is 7.10. The van der Waals surface area contributed by atoms with Gasteiger partial charge >= 0.3 is 0 Å². The third-order valence-corrected chi connectivity index (χ3v) is 4.95. The molecule has 0 amide bonds. The summed E-state index contributed by atoms with van der Waals surface area (Å²) < 4.78 is 0. The maximum Gasteiger partial charge on any atom is 0.164 e. The molecule has 0 fully saturated rings. The Kier molecular flexibility index (Phi) is 4.34. The van der Waals surface area contributed by atoms with Crippen LogP contribution < -0.4 is 0 Å². The molecule has 0 aliphatic heterocycles. The standard InChI is InChI=1S/C26H19N3/c1-18-8-7-13-22(16-18)25-27-24(20-10-3-2-4-11-20)28-26(29-25)23-15-14-19-9-5-6-12-21(19)17-23/h2-17H,1H3. The molecule has 0 aliphatic carbocycles. The van der Waals surface area contributed by atoms with Crippen LogP contribution in [0.3, 0.4) is 0 Å². The van der Waals surface area contributed by atoms with Crippen LogP contribution in [0.25, 0.3) is 44.9 Å². The average Bonchev–Trinajstić information content (AvgIpc) is 2.79. The molecule has 3 heteroatoms. The SMILES string of the molecule is Cc1cccc(-c2nc(-c3ccccc3)nc(-c3ccc4ccccc4c3)n2)c1. The van der Waals surface area contributed by atoms with Crippen molar-refractivity contribution >= 4 is 10.8 Å². The molecule has 0 bridgehead atoms. The maximum absolute atomic E-state index is 4.83. The van der Waals surface area contributed by atoms with E-state index in [0.29, 0.717) is 17.5 Å². The number of benzene rings is 4. The van der Waals surface area contributed by atoms with E-state index in [1.54, 1.807) is 0 Å². The Hall–Kier alpha value is -3.85. The highest BCUT2D eigenvalue weighted by molar-refractivity contribution is 5.86. The van der Waals surface area contributed by atoms with Crippen LogP contribution in [0.15, 0.2) is 97.1 Å². The van der Waals surface area contributed by atoms with E-state index in [4.69, 9.17) is 15.0 Å². The van der Waals surface area contributed by atoms with Crippen molar-refractivity contribution in [3.63, 3.8) is 0 Å². The lowest BCUT2D eigenvalue weighted by Gasteiger charge is -2.09. The molecule has 1 aromatic heterocycles. The molecule has 0 atom stereocenters. The average molecular weight is 373 g/mol. The van der Waals surface area contributed by atoms with Gasteiger partial charge in [-0.15, -0.1) is 0 Å². The number of aryl methyl sites for hydroxylation is 1. The van der Waals surface area contributed by atoms with Crippen LogP contribution in [-0.4, -0.2) is 15.0 Å². The second-order valence-electron chi connectivity index (χ2n) is 7.10. The lowest BCUT2D eigenvalue weighted by molar-refractivity contribution is 1.07. The summed E-state index contributed by atoms with van der Waals surface area (Å²) in [6.45, 7) is 2.08. The molecule has 5 rings (SSSR count). The predicted molar refractivity (Wildman–Crippen MR) is 118 cm³/mol. The van der Waals surface area contributed by atoms with Gasteiger partial charge in [0.25, 0.3) is 0 Å². The van der Waals surface area contributed by atoms with Gasteiger partial charge in [0.1, 0.15) is 0 Å². The Morgan fingerprint density at radius 3 is 1.76 bits per heavy atom. The number of aromatic nitrogens is 3. The summed E-state index contributed by atoms with van der Waals surface area (Å²) in [5, 5.41) is 2.37. The smallest absolute Gasteiger partial charge is 0.164 e. The van der Waals surface area contributed by atoms with Gasteiger partial charge in [-0.05, 0) is 29.8 Å². The van der Waals surface area contributed by atoms with Gasteiger partial charge in [0.05, 0.1) is 0 Å². The minimum absolute atomic E-state index is 0.681. The van der Waals surface area contributed by atoms with Crippen LogP contribution in [0.4, 0.5) is 0 Å². The summed E-state index contributed by atoms with van der Waals surface area (Å²) in [6, 6.07) is 33.0. The molecule has 29 heavy (non-hydrogen) atoms. The van der Waals surface area contributed by atoms with Gasteiger partial charge in [-0.1, -0.05) is 90.5 Å². The number of hydrogen-bond acceptors (Lipinski definition) is 3. The van der Waals surface area contributed by atoms with Crippen LogP contribution in [0.5, 0.6) is 0 Å². The molecule has 4 aromatic carbocycles. The second kappa shape index (κ2) is 7.28. The van der Waals surface area contributed by atoms with Crippen molar-refractivity contribution in [3.8, 4) is 34.2 Å². The Bertz CT molecular complexity index is 1310. The van der Waals surface area contributed by atoms with E-state index in [0.717, 1.165) is 16.7 Å². The molecule has 138 valence electrons. The molecule has 0 radical (unpaired) electrons. The highest BCUT2D eigenvalue weighted by Gasteiger charge is 2.12. The van der Waals surface area contributed by atoms with E-state index >= 15 is 0 Å². The summed E-state index contributed by atoms with van der Waals surface area (Å²) >= 11 is 0. The van der Waals surface area contributed by atoms with E-state index in [-0.39, 0.29) is 0 Å². The van der Waals surface area contributed by atoms with Crippen LogP contribution in [0.2, 0.25) is 0 Å². The highest BCUT2D eigenvalue weighted by Crippen LogP contribution is 2.27. The third kappa shape index (κ3) is 3.50. The first-order valence-electron chi connectivity index (χ1n) is 9.64. The molecule has 5 aromatic rings. The van der Waals surface area contributed by atoms with Gasteiger partial charge in [-0.3, -0.25) is 0 Å². The van der Waals surface area contributed by atoms with Gasteiger partial charge in [-0.25, -0.2) is 15.0 Å². The van der Waals surface area contributed by atoms with Crippen LogP contribution in [-0.2, 0) is 0 Å². The van der Waals surface area contributed by atoms with Crippen molar-refractivity contribution in [1.29, 1.82) is 0 Å². The van der Waals surface area contributed by atoms with Crippen LogP contribution >= 0.6 is 0 Å². The quantitative estimate of drug-likeness (QED) is 0.371. The highest BCUT2D eigenvalue weighted by atomic mass is 15.0. The van der Waals surface area contributed by atoms with Crippen molar-refractivity contribution in [1.82, 2.24) is 15.0 Å². The first kappa shape index (κ1) is 17.3. The Balaban J connectivity index is 1.72. The van der Waals surface area contributed by atoms with Gasteiger partial charge in [0.15, 0.2) is 17.5 Å². The summed E-state index contributed by atoms with van der Waals surface area (Å²) in [5.74, 6) is 2.05. The van der Waals surface area contributed by atoms with Gasteiger partial charge in [-0.2, -0.15) is 0 Å². The van der Waals surface area contributed by atoms with Crippen molar-refractivity contribution in [3.05, 3.63) is 103 Å². The molecule has 0 saturated heterocycles. The maximum atomic E-state index is 4.83. The lowest BCUT2D eigenvalue weighted by Crippen LogP contribution is -2.00. The normalized spacial score (nSPS) is 10.9. The molecule has 0 spiro atoms.